The molecule has 3 atom stereocenters. The zero-order chi connectivity index (χ0) is 16.0. The van der Waals surface area contributed by atoms with Crippen LogP contribution < -0.4 is 5.32 Å². The van der Waals surface area contributed by atoms with Crippen LogP contribution in [0.1, 0.15) is 45.2 Å². The fraction of sp³-hybridized carbons (Fsp3) is 0.316. The molecule has 2 aliphatic carbocycles. The molecule has 1 N–H and O–H groups in total. The van der Waals surface area contributed by atoms with Gasteiger partial charge in [0.25, 0.3) is 5.91 Å². The van der Waals surface area contributed by atoms with Crippen LogP contribution in [0.3, 0.4) is 0 Å². The third-order valence-electron chi connectivity index (χ3n) is 5.07. The number of fused-ring (bicyclic) bond motifs is 3. The van der Waals surface area contributed by atoms with Gasteiger partial charge in [-0.2, -0.15) is 5.26 Å². The largest absolute Gasteiger partial charge is 0.347 e. The topological polar surface area (TPSA) is 65.8 Å². The standard InChI is InChI=1S/C19H17N3O/c1-11-13(10-20)7-9-16(21-11)19(23)22-18-15-8-6-12-4-2-3-5-14(12)17(15)18/h2-5,7,9,15,17-18H,6,8H2,1H3,(H,22,23)/t15-,17+,18+/m0/s1. The smallest absolute Gasteiger partial charge is 0.270 e. The highest BCUT2D eigenvalue weighted by Gasteiger charge is 2.53. The molecular formula is C19H17N3O. The fourth-order valence-corrected chi connectivity index (χ4v) is 3.79. The number of aromatic nitrogens is 1. The van der Waals surface area contributed by atoms with Crippen molar-refractivity contribution < 1.29 is 4.79 Å². The molecule has 4 nitrogen and oxygen atoms in total. The lowest BCUT2D eigenvalue weighted by molar-refractivity contribution is 0.0943. The van der Waals surface area contributed by atoms with E-state index < -0.39 is 0 Å². The first kappa shape index (κ1) is 14.0. The van der Waals surface area contributed by atoms with Crippen molar-refractivity contribution in [3.8, 4) is 6.07 Å². The Morgan fingerprint density at radius 2 is 2.13 bits per heavy atom. The first-order valence-electron chi connectivity index (χ1n) is 7.95. The van der Waals surface area contributed by atoms with Gasteiger partial charge in [0.05, 0.1) is 11.3 Å². The van der Waals surface area contributed by atoms with Crippen LogP contribution in [0.25, 0.3) is 0 Å². The van der Waals surface area contributed by atoms with E-state index in [9.17, 15) is 4.79 Å². The zero-order valence-corrected chi connectivity index (χ0v) is 12.9. The molecule has 0 saturated heterocycles. The van der Waals surface area contributed by atoms with Gasteiger partial charge in [0.1, 0.15) is 11.8 Å². The van der Waals surface area contributed by atoms with E-state index in [4.69, 9.17) is 5.26 Å². The Morgan fingerprint density at radius 3 is 2.91 bits per heavy atom. The Morgan fingerprint density at radius 1 is 1.30 bits per heavy atom. The van der Waals surface area contributed by atoms with E-state index in [0.717, 1.165) is 12.8 Å². The van der Waals surface area contributed by atoms with Gasteiger partial charge >= 0.3 is 0 Å². The van der Waals surface area contributed by atoms with Crippen LogP contribution in [-0.4, -0.2) is 16.9 Å². The average Bonchev–Trinajstić information content (AvgIpc) is 3.28. The van der Waals surface area contributed by atoms with E-state index in [1.807, 2.05) is 0 Å². The number of benzene rings is 1. The van der Waals surface area contributed by atoms with Gasteiger partial charge in [-0.05, 0) is 48.9 Å². The van der Waals surface area contributed by atoms with Gasteiger partial charge in [0, 0.05) is 12.0 Å². The molecule has 0 aliphatic heterocycles. The second kappa shape index (κ2) is 5.20. The van der Waals surface area contributed by atoms with Crippen molar-refractivity contribution in [1.82, 2.24) is 10.3 Å². The minimum absolute atomic E-state index is 0.144. The number of pyridine rings is 1. The van der Waals surface area contributed by atoms with Gasteiger partial charge in [0.15, 0.2) is 0 Å². The summed E-state index contributed by atoms with van der Waals surface area (Å²) in [6.07, 6.45) is 2.23. The Hall–Kier alpha value is -2.67. The van der Waals surface area contributed by atoms with Gasteiger partial charge in [-0.15, -0.1) is 0 Å². The number of aryl methyl sites for hydroxylation is 2. The Bertz CT molecular complexity index is 837. The van der Waals surface area contributed by atoms with Gasteiger partial charge < -0.3 is 5.32 Å². The molecule has 1 saturated carbocycles. The van der Waals surface area contributed by atoms with Gasteiger partial charge in [0.2, 0.25) is 0 Å². The van der Waals surface area contributed by atoms with Crippen molar-refractivity contribution in [2.24, 2.45) is 5.92 Å². The molecule has 1 heterocycles. The molecule has 0 bridgehead atoms. The SMILES string of the molecule is Cc1nc(C(=O)N[C@@H]2[C@H]3CCc4ccccc4[C@H]32)ccc1C#N. The maximum Gasteiger partial charge on any atom is 0.270 e. The lowest BCUT2D eigenvalue weighted by Crippen LogP contribution is -2.28. The highest BCUT2D eigenvalue weighted by atomic mass is 16.2. The summed E-state index contributed by atoms with van der Waals surface area (Å²) in [6.45, 7) is 1.75. The van der Waals surface area contributed by atoms with Crippen molar-refractivity contribution in [3.05, 3.63) is 64.5 Å². The normalized spacial score (nSPS) is 24.1. The lowest BCUT2D eigenvalue weighted by Gasteiger charge is -2.13. The number of hydrogen-bond donors (Lipinski definition) is 1. The quantitative estimate of drug-likeness (QED) is 0.927. The first-order chi connectivity index (χ1) is 11.2. The molecule has 2 aliphatic rings. The lowest BCUT2D eigenvalue weighted by atomic mass is 9.92. The fourth-order valence-electron chi connectivity index (χ4n) is 3.79. The predicted octanol–water partition coefficient (Wildman–Crippen LogP) is 2.72. The molecule has 0 spiro atoms. The summed E-state index contributed by atoms with van der Waals surface area (Å²) in [4.78, 5) is 16.7. The van der Waals surface area contributed by atoms with Crippen molar-refractivity contribution in [3.63, 3.8) is 0 Å². The van der Waals surface area contributed by atoms with Crippen molar-refractivity contribution in [2.75, 3.05) is 0 Å². The maximum absolute atomic E-state index is 12.4. The summed E-state index contributed by atoms with van der Waals surface area (Å²) in [6, 6.07) is 14.1. The van der Waals surface area contributed by atoms with Gasteiger partial charge in [-0.3, -0.25) is 4.79 Å². The molecular weight excluding hydrogens is 286 g/mol. The van der Waals surface area contributed by atoms with E-state index >= 15 is 0 Å². The first-order valence-corrected chi connectivity index (χ1v) is 7.95. The Balaban J connectivity index is 1.51. The molecule has 1 fully saturated rings. The summed E-state index contributed by atoms with van der Waals surface area (Å²) in [7, 11) is 0. The second-order valence-electron chi connectivity index (χ2n) is 6.37. The summed E-state index contributed by atoms with van der Waals surface area (Å²) < 4.78 is 0. The van der Waals surface area contributed by atoms with Crippen molar-refractivity contribution >= 4 is 5.91 Å². The summed E-state index contributed by atoms with van der Waals surface area (Å²) in [5.74, 6) is 0.853. The van der Waals surface area contributed by atoms with Crippen molar-refractivity contribution in [1.29, 1.82) is 5.26 Å². The van der Waals surface area contributed by atoms with Crippen LogP contribution in [0, 0.1) is 24.2 Å². The summed E-state index contributed by atoms with van der Waals surface area (Å²) >= 11 is 0. The third-order valence-corrected chi connectivity index (χ3v) is 5.07. The predicted molar refractivity (Wildman–Crippen MR) is 85.9 cm³/mol. The van der Waals surface area contributed by atoms with E-state index in [-0.39, 0.29) is 11.9 Å². The number of carbonyl (C=O) groups excluding carboxylic acids is 1. The Labute approximate surface area is 135 Å². The second-order valence-corrected chi connectivity index (χ2v) is 6.37. The van der Waals surface area contributed by atoms with Gasteiger partial charge in [-0.1, -0.05) is 24.3 Å². The number of hydrogen-bond acceptors (Lipinski definition) is 3. The molecule has 2 aromatic rings. The van der Waals surface area contributed by atoms with Crippen LogP contribution in [0.5, 0.6) is 0 Å². The molecule has 114 valence electrons. The average molecular weight is 303 g/mol. The van der Waals surface area contributed by atoms with E-state index in [0.29, 0.717) is 28.8 Å². The van der Waals surface area contributed by atoms with Crippen LogP contribution >= 0.6 is 0 Å². The number of carbonyl (C=O) groups is 1. The maximum atomic E-state index is 12.4. The van der Waals surface area contributed by atoms with Crippen LogP contribution in [0.4, 0.5) is 0 Å². The minimum Gasteiger partial charge on any atom is -0.347 e. The molecule has 0 radical (unpaired) electrons. The molecule has 1 aromatic carbocycles. The van der Waals surface area contributed by atoms with E-state index in [1.165, 1.54) is 11.1 Å². The molecule has 23 heavy (non-hydrogen) atoms. The number of nitriles is 1. The number of nitrogens with one attached hydrogen (secondary N) is 1. The van der Waals surface area contributed by atoms with Crippen LogP contribution in [0.2, 0.25) is 0 Å². The molecule has 4 heteroatoms. The number of rotatable bonds is 2. The monoisotopic (exact) mass is 303 g/mol. The minimum atomic E-state index is -0.144. The molecule has 4 rings (SSSR count). The van der Waals surface area contributed by atoms with Crippen molar-refractivity contribution in [2.45, 2.75) is 31.7 Å². The highest BCUT2D eigenvalue weighted by molar-refractivity contribution is 5.93. The summed E-state index contributed by atoms with van der Waals surface area (Å²) in [5, 5.41) is 12.1. The van der Waals surface area contributed by atoms with E-state index in [1.54, 1.807) is 19.1 Å². The van der Waals surface area contributed by atoms with Crippen LogP contribution in [0.15, 0.2) is 36.4 Å². The zero-order valence-electron chi connectivity index (χ0n) is 12.9. The third kappa shape index (κ3) is 2.29. The van der Waals surface area contributed by atoms with Gasteiger partial charge in [-0.25, -0.2) is 4.98 Å². The highest BCUT2D eigenvalue weighted by Crippen LogP contribution is 2.54. The van der Waals surface area contributed by atoms with Crippen LogP contribution in [-0.2, 0) is 6.42 Å². The molecule has 1 aromatic heterocycles. The summed E-state index contributed by atoms with van der Waals surface area (Å²) in [5.41, 5.74) is 4.29. The molecule has 1 amide bonds. The number of nitrogens with zero attached hydrogens (tertiary/aromatic N) is 2. The Kier molecular flexibility index (Phi) is 3.16. The van der Waals surface area contributed by atoms with E-state index in [2.05, 4.69) is 40.6 Å². The number of amides is 1. The molecule has 0 unspecified atom stereocenters.